The monoisotopic (exact) mass is 281 g/mol. The van der Waals surface area contributed by atoms with E-state index in [2.05, 4.69) is 5.32 Å². The van der Waals surface area contributed by atoms with Crippen LogP contribution in [0.1, 0.15) is 15.9 Å². The Labute approximate surface area is 114 Å². The molecule has 0 aliphatic carbocycles. The molecule has 98 valence electrons. The molecule has 0 saturated carbocycles. The molecule has 0 atom stereocenters. The summed E-state index contributed by atoms with van der Waals surface area (Å²) in [5.41, 5.74) is 0.604. The summed E-state index contributed by atoms with van der Waals surface area (Å²) in [5, 5.41) is 2.99. The van der Waals surface area contributed by atoms with Gasteiger partial charge < -0.3 is 5.32 Å². The Bertz CT molecular complexity index is 616. The zero-order valence-electron chi connectivity index (χ0n) is 9.79. The second-order valence-corrected chi connectivity index (χ2v) is 4.37. The molecule has 0 fully saturated rings. The van der Waals surface area contributed by atoms with E-state index >= 15 is 0 Å². The Morgan fingerprint density at radius 2 is 1.95 bits per heavy atom. The van der Waals surface area contributed by atoms with Gasteiger partial charge >= 0.3 is 0 Å². The molecule has 2 rings (SSSR count). The predicted molar refractivity (Wildman–Crippen MR) is 69.0 cm³/mol. The second-order valence-electron chi connectivity index (χ2n) is 3.93. The number of carbonyl (C=O) groups is 1. The molecule has 1 amide bonds. The molecule has 1 N–H and O–H groups in total. The van der Waals surface area contributed by atoms with Gasteiger partial charge in [-0.2, -0.15) is 0 Å². The number of halogens is 3. The molecule has 0 saturated heterocycles. The van der Waals surface area contributed by atoms with E-state index in [0.717, 1.165) is 12.1 Å². The van der Waals surface area contributed by atoms with Gasteiger partial charge in [0.1, 0.15) is 11.6 Å². The van der Waals surface area contributed by atoms with Crippen LogP contribution in [0.15, 0.2) is 42.5 Å². The van der Waals surface area contributed by atoms with Crippen LogP contribution in [-0.4, -0.2) is 5.91 Å². The van der Waals surface area contributed by atoms with E-state index in [4.69, 9.17) is 11.6 Å². The SMILES string of the molecule is O=C(NCc1ccc(F)cc1F)c1cccc(Cl)c1. The van der Waals surface area contributed by atoms with E-state index < -0.39 is 11.6 Å². The van der Waals surface area contributed by atoms with Crippen molar-refractivity contribution < 1.29 is 13.6 Å². The molecular weight excluding hydrogens is 272 g/mol. The fourth-order valence-electron chi connectivity index (χ4n) is 1.57. The van der Waals surface area contributed by atoms with Gasteiger partial charge in [0, 0.05) is 28.8 Å². The first-order chi connectivity index (χ1) is 9.06. The first-order valence-electron chi connectivity index (χ1n) is 5.54. The fourth-order valence-corrected chi connectivity index (χ4v) is 1.76. The highest BCUT2D eigenvalue weighted by molar-refractivity contribution is 6.30. The Morgan fingerprint density at radius 3 is 2.63 bits per heavy atom. The van der Waals surface area contributed by atoms with Gasteiger partial charge in [0.15, 0.2) is 0 Å². The van der Waals surface area contributed by atoms with Crippen LogP contribution in [0.3, 0.4) is 0 Å². The predicted octanol–water partition coefficient (Wildman–Crippen LogP) is 3.55. The summed E-state index contributed by atoms with van der Waals surface area (Å²) in [4.78, 5) is 11.8. The first kappa shape index (κ1) is 13.5. The molecule has 19 heavy (non-hydrogen) atoms. The molecule has 0 unspecified atom stereocenters. The van der Waals surface area contributed by atoms with E-state index in [1.807, 2.05) is 0 Å². The molecule has 2 aromatic rings. The van der Waals surface area contributed by atoms with Crippen LogP contribution in [0.5, 0.6) is 0 Å². The van der Waals surface area contributed by atoms with E-state index in [-0.39, 0.29) is 18.0 Å². The van der Waals surface area contributed by atoms with Gasteiger partial charge in [0.05, 0.1) is 0 Å². The molecular formula is C14H10ClF2NO. The zero-order chi connectivity index (χ0) is 13.8. The lowest BCUT2D eigenvalue weighted by atomic mass is 10.2. The molecule has 5 heteroatoms. The normalized spacial score (nSPS) is 10.3. The number of hydrogen-bond acceptors (Lipinski definition) is 1. The molecule has 2 aromatic carbocycles. The van der Waals surface area contributed by atoms with Crippen molar-refractivity contribution in [2.75, 3.05) is 0 Å². The van der Waals surface area contributed by atoms with Crippen LogP contribution in [-0.2, 0) is 6.54 Å². The molecule has 0 heterocycles. The maximum Gasteiger partial charge on any atom is 0.251 e. The average Bonchev–Trinajstić information content (AvgIpc) is 2.37. The summed E-state index contributed by atoms with van der Waals surface area (Å²) in [7, 11) is 0. The summed E-state index contributed by atoms with van der Waals surface area (Å²) >= 11 is 5.77. The van der Waals surface area contributed by atoms with E-state index in [1.54, 1.807) is 18.2 Å². The molecule has 0 aliphatic rings. The van der Waals surface area contributed by atoms with Crippen molar-refractivity contribution in [2.45, 2.75) is 6.54 Å². The molecule has 0 bridgehead atoms. The van der Waals surface area contributed by atoms with Crippen LogP contribution >= 0.6 is 11.6 Å². The third kappa shape index (κ3) is 3.51. The average molecular weight is 282 g/mol. The Kier molecular flexibility index (Phi) is 4.12. The van der Waals surface area contributed by atoms with Gasteiger partial charge in [-0.1, -0.05) is 23.7 Å². The number of nitrogens with one attached hydrogen (secondary N) is 1. The number of amides is 1. The molecule has 0 aliphatic heterocycles. The third-order valence-corrected chi connectivity index (χ3v) is 2.78. The lowest BCUT2D eigenvalue weighted by molar-refractivity contribution is 0.0950. The number of carbonyl (C=O) groups excluding carboxylic acids is 1. The van der Waals surface area contributed by atoms with Gasteiger partial charge in [-0.25, -0.2) is 8.78 Å². The van der Waals surface area contributed by atoms with Crippen molar-refractivity contribution >= 4 is 17.5 Å². The maximum atomic E-state index is 13.4. The van der Waals surface area contributed by atoms with Gasteiger partial charge in [-0.05, 0) is 24.3 Å². The lowest BCUT2D eigenvalue weighted by Gasteiger charge is -2.06. The summed E-state index contributed by atoms with van der Waals surface area (Å²) in [5.74, 6) is -1.71. The summed E-state index contributed by atoms with van der Waals surface area (Å²) in [6, 6.07) is 9.63. The summed E-state index contributed by atoms with van der Waals surface area (Å²) < 4.78 is 26.1. The Morgan fingerprint density at radius 1 is 1.16 bits per heavy atom. The molecule has 0 radical (unpaired) electrons. The molecule has 2 nitrogen and oxygen atoms in total. The van der Waals surface area contributed by atoms with E-state index in [1.165, 1.54) is 12.1 Å². The van der Waals surface area contributed by atoms with Gasteiger partial charge in [-0.3, -0.25) is 4.79 Å². The third-order valence-electron chi connectivity index (χ3n) is 2.54. The summed E-state index contributed by atoms with van der Waals surface area (Å²) in [6.07, 6.45) is 0. The summed E-state index contributed by atoms with van der Waals surface area (Å²) in [6.45, 7) is -0.0164. The van der Waals surface area contributed by atoms with Crippen molar-refractivity contribution in [3.63, 3.8) is 0 Å². The van der Waals surface area contributed by atoms with Gasteiger partial charge in [0.25, 0.3) is 5.91 Å². The minimum Gasteiger partial charge on any atom is -0.348 e. The van der Waals surface area contributed by atoms with Crippen LogP contribution in [0.4, 0.5) is 8.78 Å². The van der Waals surface area contributed by atoms with Crippen molar-refractivity contribution in [2.24, 2.45) is 0 Å². The maximum absolute atomic E-state index is 13.4. The molecule has 0 spiro atoms. The van der Waals surface area contributed by atoms with Crippen LogP contribution in [0, 0.1) is 11.6 Å². The number of benzene rings is 2. The first-order valence-corrected chi connectivity index (χ1v) is 5.92. The van der Waals surface area contributed by atoms with Crippen LogP contribution in [0.25, 0.3) is 0 Å². The highest BCUT2D eigenvalue weighted by Crippen LogP contribution is 2.12. The highest BCUT2D eigenvalue weighted by Gasteiger charge is 2.08. The topological polar surface area (TPSA) is 29.1 Å². The highest BCUT2D eigenvalue weighted by atomic mass is 35.5. The van der Waals surface area contributed by atoms with Crippen molar-refractivity contribution in [3.8, 4) is 0 Å². The quantitative estimate of drug-likeness (QED) is 0.916. The largest absolute Gasteiger partial charge is 0.348 e. The number of hydrogen-bond donors (Lipinski definition) is 1. The second kappa shape index (κ2) is 5.80. The Balaban J connectivity index is 2.04. The zero-order valence-corrected chi connectivity index (χ0v) is 10.5. The lowest BCUT2D eigenvalue weighted by Crippen LogP contribution is -2.23. The van der Waals surface area contributed by atoms with Crippen LogP contribution in [0.2, 0.25) is 5.02 Å². The van der Waals surface area contributed by atoms with Gasteiger partial charge in [-0.15, -0.1) is 0 Å². The minimum absolute atomic E-state index is 0.0164. The Hall–Kier alpha value is -1.94. The van der Waals surface area contributed by atoms with Gasteiger partial charge in [0.2, 0.25) is 0 Å². The molecule has 0 aromatic heterocycles. The minimum atomic E-state index is -0.689. The van der Waals surface area contributed by atoms with Crippen LogP contribution < -0.4 is 5.32 Å². The van der Waals surface area contributed by atoms with E-state index in [9.17, 15) is 13.6 Å². The smallest absolute Gasteiger partial charge is 0.251 e. The van der Waals surface area contributed by atoms with Crippen molar-refractivity contribution in [3.05, 3.63) is 70.2 Å². The fraction of sp³-hybridized carbons (Fsp3) is 0.0714. The van der Waals surface area contributed by atoms with Crippen molar-refractivity contribution in [1.29, 1.82) is 0 Å². The standard InChI is InChI=1S/C14H10ClF2NO/c15-11-3-1-2-9(6-11)14(19)18-8-10-4-5-12(16)7-13(10)17/h1-7H,8H2,(H,18,19). The van der Waals surface area contributed by atoms with E-state index in [0.29, 0.717) is 10.6 Å². The van der Waals surface area contributed by atoms with Crippen molar-refractivity contribution in [1.82, 2.24) is 5.32 Å². The number of rotatable bonds is 3.